The number of hydrogen-bond donors (Lipinski definition) is 1. The Morgan fingerprint density at radius 1 is 1.39 bits per heavy atom. The number of carbonyl (C=O) groups excluding carboxylic acids is 1. The van der Waals surface area contributed by atoms with E-state index in [0.29, 0.717) is 6.07 Å². The molecule has 0 saturated carbocycles. The molecule has 1 N–H and O–H groups in total. The van der Waals surface area contributed by atoms with Gasteiger partial charge in [-0.25, -0.2) is 9.37 Å². The van der Waals surface area contributed by atoms with Gasteiger partial charge in [0.25, 0.3) is 5.91 Å². The number of alkyl halides is 3. The van der Waals surface area contributed by atoms with Gasteiger partial charge in [-0.05, 0) is 25.1 Å². The summed E-state index contributed by atoms with van der Waals surface area (Å²) in [6.45, 7) is 3.79. The fourth-order valence-corrected chi connectivity index (χ4v) is 2.83. The third kappa shape index (κ3) is 4.28. The summed E-state index contributed by atoms with van der Waals surface area (Å²) < 4.78 is 51.7. The molecule has 3 nitrogen and oxygen atoms in total. The molecule has 8 heteroatoms. The second-order valence-corrected chi connectivity index (χ2v) is 6.02. The van der Waals surface area contributed by atoms with E-state index in [1.54, 1.807) is 0 Å². The van der Waals surface area contributed by atoms with Crippen LogP contribution in [-0.2, 0) is 6.18 Å². The van der Waals surface area contributed by atoms with E-state index in [-0.39, 0.29) is 12.5 Å². The maximum Gasteiger partial charge on any atom is 0.417 e. The number of nitrogens with one attached hydrogen (secondary N) is 1. The molecule has 0 bridgehead atoms. The predicted molar refractivity (Wildman–Crippen MR) is 79.0 cm³/mol. The highest BCUT2D eigenvalue weighted by atomic mass is 32.1. The Balaban J connectivity index is 2.12. The fourth-order valence-electron chi connectivity index (χ4n) is 1.98. The Hall–Kier alpha value is -1.96. The normalized spacial score (nSPS) is 13.0. The van der Waals surface area contributed by atoms with Crippen LogP contribution in [0.4, 0.5) is 17.6 Å². The quantitative estimate of drug-likeness (QED) is 0.846. The summed E-state index contributed by atoms with van der Waals surface area (Å²) >= 11 is 1.42. The van der Waals surface area contributed by atoms with Gasteiger partial charge in [-0.15, -0.1) is 11.3 Å². The Bertz CT molecular complexity index is 712. The minimum atomic E-state index is -4.80. The number of thiazole rings is 1. The van der Waals surface area contributed by atoms with Crippen molar-refractivity contribution in [3.05, 3.63) is 51.2 Å². The molecule has 1 atom stereocenters. The van der Waals surface area contributed by atoms with Crippen molar-refractivity contribution in [2.45, 2.75) is 25.9 Å². The average Bonchev–Trinajstić information content (AvgIpc) is 2.90. The molecule has 0 aliphatic heterocycles. The zero-order valence-corrected chi connectivity index (χ0v) is 13.2. The lowest BCUT2D eigenvalue weighted by Gasteiger charge is -2.14. The molecular weight excluding hydrogens is 332 g/mol. The molecule has 1 heterocycles. The van der Waals surface area contributed by atoms with E-state index in [1.807, 2.05) is 19.2 Å². The van der Waals surface area contributed by atoms with Crippen molar-refractivity contribution in [1.82, 2.24) is 10.3 Å². The number of benzene rings is 1. The second-order valence-electron chi connectivity index (χ2n) is 5.13. The van der Waals surface area contributed by atoms with E-state index < -0.39 is 29.0 Å². The zero-order chi connectivity index (χ0) is 17.2. The van der Waals surface area contributed by atoms with E-state index in [9.17, 15) is 22.4 Å². The summed E-state index contributed by atoms with van der Waals surface area (Å²) in [6, 6.07) is 1.99. The molecule has 0 radical (unpaired) electrons. The number of carbonyl (C=O) groups is 1. The SMILES string of the molecule is Cc1csc(C(C)CNC(=O)c2ccc(F)cc2C(F)(F)F)n1. The van der Waals surface area contributed by atoms with Crippen molar-refractivity contribution < 1.29 is 22.4 Å². The van der Waals surface area contributed by atoms with E-state index >= 15 is 0 Å². The molecule has 0 fully saturated rings. The zero-order valence-electron chi connectivity index (χ0n) is 12.4. The maximum atomic E-state index is 13.0. The van der Waals surface area contributed by atoms with Crippen LogP contribution in [0.5, 0.6) is 0 Å². The molecule has 0 saturated heterocycles. The Morgan fingerprint density at radius 3 is 2.65 bits per heavy atom. The summed E-state index contributed by atoms with van der Waals surface area (Å²) in [7, 11) is 0. The summed E-state index contributed by atoms with van der Waals surface area (Å²) in [6.07, 6.45) is -4.80. The molecule has 1 unspecified atom stereocenters. The highest BCUT2D eigenvalue weighted by Gasteiger charge is 2.35. The second kappa shape index (κ2) is 6.66. The minimum Gasteiger partial charge on any atom is -0.351 e. The Labute approximate surface area is 134 Å². The smallest absolute Gasteiger partial charge is 0.351 e. The molecule has 1 amide bonds. The largest absolute Gasteiger partial charge is 0.417 e. The molecule has 0 aliphatic carbocycles. The third-order valence-electron chi connectivity index (χ3n) is 3.16. The van der Waals surface area contributed by atoms with E-state index in [1.165, 1.54) is 11.3 Å². The standard InChI is InChI=1S/C15H14F4N2OS/c1-8(14-21-9(2)7-23-14)6-20-13(22)11-4-3-10(16)5-12(11)15(17,18)19/h3-5,7-8H,6H2,1-2H3,(H,20,22). The van der Waals surface area contributed by atoms with Crippen molar-refractivity contribution in [3.8, 4) is 0 Å². The number of nitrogens with zero attached hydrogens (tertiary/aromatic N) is 1. The fraction of sp³-hybridized carbons (Fsp3) is 0.333. The van der Waals surface area contributed by atoms with Gasteiger partial charge in [0, 0.05) is 23.5 Å². The number of amides is 1. The highest BCUT2D eigenvalue weighted by molar-refractivity contribution is 7.09. The van der Waals surface area contributed by atoms with Crippen LogP contribution < -0.4 is 5.32 Å². The molecule has 1 aromatic carbocycles. The highest BCUT2D eigenvalue weighted by Crippen LogP contribution is 2.32. The van der Waals surface area contributed by atoms with E-state index in [2.05, 4.69) is 10.3 Å². The summed E-state index contributed by atoms with van der Waals surface area (Å²) in [5, 5.41) is 5.09. The van der Waals surface area contributed by atoms with Crippen LogP contribution in [0.3, 0.4) is 0 Å². The van der Waals surface area contributed by atoms with Gasteiger partial charge in [0.2, 0.25) is 0 Å². The van der Waals surface area contributed by atoms with Gasteiger partial charge in [0.05, 0.1) is 16.1 Å². The van der Waals surface area contributed by atoms with Crippen molar-refractivity contribution in [3.63, 3.8) is 0 Å². The number of aromatic nitrogens is 1. The summed E-state index contributed by atoms with van der Waals surface area (Å²) in [5.41, 5.74) is -1.03. The third-order valence-corrected chi connectivity index (χ3v) is 4.35. The maximum absolute atomic E-state index is 13.0. The molecule has 1 aromatic heterocycles. The molecule has 23 heavy (non-hydrogen) atoms. The first-order valence-electron chi connectivity index (χ1n) is 6.75. The minimum absolute atomic E-state index is 0.132. The molecule has 2 aromatic rings. The molecule has 2 rings (SSSR count). The Kier molecular flexibility index (Phi) is 5.03. The van der Waals surface area contributed by atoms with Gasteiger partial charge in [0.1, 0.15) is 5.82 Å². The van der Waals surface area contributed by atoms with Crippen LogP contribution in [-0.4, -0.2) is 17.4 Å². The topological polar surface area (TPSA) is 42.0 Å². The van der Waals surface area contributed by atoms with E-state index in [0.717, 1.165) is 22.8 Å². The lowest BCUT2D eigenvalue weighted by atomic mass is 10.1. The van der Waals surface area contributed by atoms with Crippen molar-refractivity contribution in [1.29, 1.82) is 0 Å². The number of hydrogen-bond acceptors (Lipinski definition) is 3. The van der Waals surface area contributed by atoms with Crippen LogP contribution in [0.2, 0.25) is 0 Å². The van der Waals surface area contributed by atoms with E-state index in [4.69, 9.17) is 0 Å². The lowest BCUT2D eigenvalue weighted by Crippen LogP contribution is -2.29. The number of halogens is 4. The van der Waals surface area contributed by atoms with Crippen LogP contribution in [0, 0.1) is 12.7 Å². The first-order valence-corrected chi connectivity index (χ1v) is 7.63. The Morgan fingerprint density at radius 2 is 2.09 bits per heavy atom. The first kappa shape index (κ1) is 17.4. The van der Waals surface area contributed by atoms with Gasteiger partial charge in [-0.1, -0.05) is 6.92 Å². The predicted octanol–water partition coefficient (Wildman–Crippen LogP) is 4.14. The van der Waals surface area contributed by atoms with Crippen LogP contribution >= 0.6 is 11.3 Å². The monoisotopic (exact) mass is 346 g/mol. The van der Waals surface area contributed by atoms with Gasteiger partial charge < -0.3 is 5.32 Å². The van der Waals surface area contributed by atoms with Gasteiger partial charge in [-0.2, -0.15) is 13.2 Å². The molecule has 124 valence electrons. The molecule has 0 spiro atoms. The van der Waals surface area contributed by atoms with Crippen LogP contribution in [0.1, 0.15) is 39.5 Å². The lowest BCUT2D eigenvalue weighted by molar-refractivity contribution is -0.138. The van der Waals surface area contributed by atoms with Crippen molar-refractivity contribution in [2.75, 3.05) is 6.54 Å². The van der Waals surface area contributed by atoms with Crippen molar-refractivity contribution in [2.24, 2.45) is 0 Å². The van der Waals surface area contributed by atoms with Crippen LogP contribution in [0.15, 0.2) is 23.6 Å². The van der Waals surface area contributed by atoms with Crippen molar-refractivity contribution >= 4 is 17.2 Å². The van der Waals surface area contributed by atoms with Gasteiger partial charge in [-0.3, -0.25) is 4.79 Å². The van der Waals surface area contributed by atoms with Gasteiger partial charge in [0.15, 0.2) is 0 Å². The van der Waals surface area contributed by atoms with Gasteiger partial charge >= 0.3 is 6.18 Å². The summed E-state index contributed by atoms with van der Waals surface area (Å²) in [4.78, 5) is 16.3. The molecule has 0 aliphatic rings. The summed E-state index contributed by atoms with van der Waals surface area (Å²) in [5.74, 6) is -2.06. The van der Waals surface area contributed by atoms with Crippen LogP contribution in [0.25, 0.3) is 0 Å². The first-order chi connectivity index (χ1) is 10.7. The molecular formula is C15H14F4N2OS. The average molecular weight is 346 g/mol. The number of aryl methyl sites for hydroxylation is 1. The number of rotatable bonds is 4.